The fourth-order valence-corrected chi connectivity index (χ4v) is 1.37. The molecule has 0 fully saturated rings. The van der Waals surface area contributed by atoms with Gasteiger partial charge in [-0.15, -0.1) is 6.58 Å². The van der Waals surface area contributed by atoms with Crippen molar-refractivity contribution < 1.29 is 5.11 Å². The van der Waals surface area contributed by atoms with Crippen molar-refractivity contribution in [2.45, 2.75) is 19.3 Å². The lowest BCUT2D eigenvalue weighted by Gasteiger charge is -2.10. The lowest BCUT2D eigenvalue weighted by molar-refractivity contribution is 0.283. The molecule has 1 aromatic rings. The third-order valence-electron chi connectivity index (χ3n) is 2.23. The van der Waals surface area contributed by atoms with E-state index in [0.717, 1.165) is 6.42 Å². The molecule has 1 heteroatoms. The molecule has 1 rings (SSSR count). The molecule has 0 aliphatic carbocycles. The Morgan fingerprint density at radius 2 is 2.00 bits per heavy atom. The number of hydrogen-bond acceptors (Lipinski definition) is 1. The zero-order valence-corrected chi connectivity index (χ0v) is 8.03. The van der Waals surface area contributed by atoms with E-state index in [0.29, 0.717) is 0 Å². The van der Waals surface area contributed by atoms with Crippen LogP contribution in [-0.2, 0) is 0 Å². The quantitative estimate of drug-likeness (QED) is 0.699. The standard InChI is InChI=1S/C12H16O/c1-3-11(8-9-13)12-6-4-10(2)5-7-12/h3-7,11,13H,1,8-9H2,2H3. The first-order chi connectivity index (χ1) is 6.27. The van der Waals surface area contributed by atoms with Crippen LogP contribution in [-0.4, -0.2) is 11.7 Å². The molecule has 0 amide bonds. The molecule has 0 bridgehead atoms. The van der Waals surface area contributed by atoms with Gasteiger partial charge >= 0.3 is 0 Å². The summed E-state index contributed by atoms with van der Waals surface area (Å²) in [5.74, 6) is 0.283. The third-order valence-corrected chi connectivity index (χ3v) is 2.23. The van der Waals surface area contributed by atoms with Gasteiger partial charge in [0.05, 0.1) is 0 Å². The van der Waals surface area contributed by atoms with Gasteiger partial charge < -0.3 is 5.11 Å². The first-order valence-electron chi connectivity index (χ1n) is 4.58. The lowest BCUT2D eigenvalue weighted by Crippen LogP contribution is -1.97. The van der Waals surface area contributed by atoms with E-state index in [4.69, 9.17) is 5.11 Å². The minimum Gasteiger partial charge on any atom is -0.396 e. The van der Waals surface area contributed by atoms with Crippen LogP contribution in [0.1, 0.15) is 23.5 Å². The average molecular weight is 176 g/mol. The Balaban J connectivity index is 2.79. The summed E-state index contributed by atoms with van der Waals surface area (Å²) in [5.41, 5.74) is 2.49. The number of aliphatic hydroxyl groups is 1. The molecule has 70 valence electrons. The van der Waals surface area contributed by atoms with Gasteiger partial charge in [0, 0.05) is 12.5 Å². The van der Waals surface area contributed by atoms with Crippen LogP contribution in [0.5, 0.6) is 0 Å². The van der Waals surface area contributed by atoms with Crippen LogP contribution in [0.15, 0.2) is 36.9 Å². The molecule has 0 aromatic heterocycles. The van der Waals surface area contributed by atoms with Crippen LogP contribution in [0.25, 0.3) is 0 Å². The van der Waals surface area contributed by atoms with E-state index in [-0.39, 0.29) is 12.5 Å². The average Bonchev–Trinajstić information content (AvgIpc) is 2.16. The minimum atomic E-state index is 0.213. The molecule has 0 aliphatic rings. The van der Waals surface area contributed by atoms with Crippen molar-refractivity contribution in [3.05, 3.63) is 48.0 Å². The maximum atomic E-state index is 8.84. The molecular weight excluding hydrogens is 160 g/mol. The highest BCUT2D eigenvalue weighted by Gasteiger charge is 2.05. The second-order valence-corrected chi connectivity index (χ2v) is 3.27. The molecule has 0 radical (unpaired) electrons. The summed E-state index contributed by atoms with van der Waals surface area (Å²) in [6.07, 6.45) is 2.65. The minimum absolute atomic E-state index is 0.213. The van der Waals surface area contributed by atoms with Crippen molar-refractivity contribution in [3.63, 3.8) is 0 Å². The summed E-state index contributed by atoms with van der Waals surface area (Å²) in [6.45, 7) is 6.05. The molecule has 1 atom stereocenters. The zero-order chi connectivity index (χ0) is 9.68. The summed E-state index contributed by atoms with van der Waals surface area (Å²) >= 11 is 0. The van der Waals surface area contributed by atoms with E-state index in [1.165, 1.54) is 11.1 Å². The summed E-state index contributed by atoms with van der Waals surface area (Å²) in [6, 6.07) is 8.36. The van der Waals surface area contributed by atoms with Gasteiger partial charge in [-0.3, -0.25) is 0 Å². The van der Waals surface area contributed by atoms with Crippen molar-refractivity contribution in [1.82, 2.24) is 0 Å². The van der Waals surface area contributed by atoms with Crippen LogP contribution in [0, 0.1) is 6.92 Å². The van der Waals surface area contributed by atoms with Gasteiger partial charge in [-0.2, -0.15) is 0 Å². The maximum Gasteiger partial charge on any atom is 0.0439 e. The highest BCUT2D eigenvalue weighted by atomic mass is 16.3. The molecule has 1 aromatic carbocycles. The molecule has 13 heavy (non-hydrogen) atoms. The second-order valence-electron chi connectivity index (χ2n) is 3.27. The monoisotopic (exact) mass is 176 g/mol. The van der Waals surface area contributed by atoms with Crippen molar-refractivity contribution in [2.24, 2.45) is 0 Å². The number of hydrogen-bond donors (Lipinski definition) is 1. The van der Waals surface area contributed by atoms with E-state index >= 15 is 0 Å². The Morgan fingerprint density at radius 1 is 1.38 bits per heavy atom. The topological polar surface area (TPSA) is 20.2 Å². The third kappa shape index (κ3) is 2.71. The predicted molar refractivity (Wildman–Crippen MR) is 55.8 cm³/mol. The number of benzene rings is 1. The van der Waals surface area contributed by atoms with Crippen molar-refractivity contribution in [2.75, 3.05) is 6.61 Å². The van der Waals surface area contributed by atoms with Crippen LogP contribution < -0.4 is 0 Å². The largest absolute Gasteiger partial charge is 0.396 e. The lowest BCUT2D eigenvalue weighted by atomic mass is 9.95. The van der Waals surface area contributed by atoms with Crippen LogP contribution in [0.3, 0.4) is 0 Å². The van der Waals surface area contributed by atoms with Crippen molar-refractivity contribution in [1.29, 1.82) is 0 Å². The van der Waals surface area contributed by atoms with E-state index in [1.54, 1.807) is 0 Å². The number of aryl methyl sites for hydroxylation is 1. The predicted octanol–water partition coefficient (Wildman–Crippen LogP) is 2.65. The van der Waals surface area contributed by atoms with Gasteiger partial charge in [0.15, 0.2) is 0 Å². The van der Waals surface area contributed by atoms with E-state index in [9.17, 15) is 0 Å². The summed E-state index contributed by atoms with van der Waals surface area (Å²) < 4.78 is 0. The fourth-order valence-electron chi connectivity index (χ4n) is 1.37. The van der Waals surface area contributed by atoms with Crippen molar-refractivity contribution in [3.8, 4) is 0 Å². The molecule has 1 N–H and O–H groups in total. The second kappa shape index (κ2) is 4.83. The summed E-state index contributed by atoms with van der Waals surface area (Å²) in [4.78, 5) is 0. The molecule has 0 heterocycles. The number of aliphatic hydroxyl groups excluding tert-OH is 1. The molecule has 0 spiro atoms. The molecular formula is C12H16O. The smallest absolute Gasteiger partial charge is 0.0439 e. The van der Waals surface area contributed by atoms with Gasteiger partial charge in [-0.25, -0.2) is 0 Å². The first kappa shape index (κ1) is 10.0. The maximum absolute atomic E-state index is 8.84. The Morgan fingerprint density at radius 3 is 2.46 bits per heavy atom. The molecule has 1 unspecified atom stereocenters. The summed E-state index contributed by atoms with van der Waals surface area (Å²) in [5, 5.41) is 8.84. The van der Waals surface area contributed by atoms with Crippen molar-refractivity contribution >= 4 is 0 Å². The molecule has 0 saturated carbocycles. The summed E-state index contributed by atoms with van der Waals surface area (Å²) in [7, 11) is 0. The Kier molecular flexibility index (Phi) is 3.71. The number of rotatable bonds is 4. The van der Waals surface area contributed by atoms with Gasteiger partial charge in [-0.1, -0.05) is 35.9 Å². The Labute approximate surface area is 79.7 Å². The van der Waals surface area contributed by atoms with Gasteiger partial charge in [0.25, 0.3) is 0 Å². The normalized spacial score (nSPS) is 12.5. The van der Waals surface area contributed by atoms with E-state index in [2.05, 4.69) is 37.8 Å². The SMILES string of the molecule is C=CC(CCO)c1ccc(C)cc1. The van der Waals surface area contributed by atoms with Crippen LogP contribution in [0.4, 0.5) is 0 Å². The van der Waals surface area contributed by atoms with E-state index < -0.39 is 0 Å². The highest BCUT2D eigenvalue weighted by molar-refractivity contribution is 5.26. The molecule has 1 nitrogen and oxygen atoms in total. The van der Waals surface area contributed by atoms with Crippen LogP contribution in [0.2, 0.25) is 0 Å². The number of allylic oxidation sites excluding steroid dienone is 1. The Bertz CT molecular complexity index is 261. The highest BCUT2D eigenvalue weighted by Crippen LogP contribution is 2.20. The van der Waals surface area contributed by atoms with Gasteiger partial charge in [0.1, 0.15) is 0 Å². The first-order valence-corrected chi connectivity index (χ1v) is 4.58. The Hall–Kier alpha value is -1.08. The van der Waals surface area contributed by atoms with Crippen LogP contribution >= 0.6 is 0 Å². The molecule has 0 saturated heterocycles. The van der Waals surface area contributed by atoms with E-state index in [1.807, 2.05) is 6.08 Å². The zero-order valence-electron chi connectivity index (χ0n) is 8.03. The fraction of sp³-hybridized carbons (Fsp3) is 0.333. The van der Waals surface area contributed by atoms with Gasteiger partial charge in [-0.05, 0) is 18.9 Å². The molecule has 0 aliphatic heterocycles. The van der Waals surface area contributed by atoms with Gasteiger partial charge in [0.2, 0.25) is 0 Å².